The van der Waals surface area contributed by atoms with Crippen LogP contribution in [0.15, 0.2) is 39.8 Å². The second kappa shape index (κ2) is 6.34. The first-order valence-corrected chi connectivity index (χ1v) is 8.25. The molecule has 1 N–H and O–H groups in total. The molecule has 0 bridgehead atoms. The van der Waals surface area contributed by atoms with E-state index < -0.39 is 12.1 Å². The summed E-state index contributed by atoms with van der Waals surface area (Å²) in [6.07, 6.45) is 0.842. The fourth-order valence-electron chi connectivity index (χ4n) is 3.28. The van der Waals surface area contributed by atoms with Crippen molar-refractivity contribution in [1.82, 2.24) is 24.6 Å². The number of aliphatic hydroxyl groups is 1. The van der Waals surface area contributed by atoms with Crippen LogP contribution in [0.4, 0.5) is 0 Å². The van der Waals surface area contributed by atoms with Crippen molar-refractivity contribution in [2.24, 2.45) is 0 Å². The molecule has 1 fully saturated rings. The van der Waals surface area contributed by atoms with Gasteiger partial charge in [-0.25, -0.2) is 4.98 Å². The summed E-state index contributed by atoms with van der Waals surface area (Å²) in [7, 11) is 0. The number of carbonyl (C=O) groups is 1. The molecule has 3 heterocycles. The molecule has 3 aromatic rings. The third kappa shape index (κ3) is 2.86. The summed E-state index contributed by atoms with van der Waals surface area (Å²) in [6.45, 7) is 1.69. The summed E-state index contributed by atoms with van der Waals surface area (Å²) in [5.41, 5.74) is 0.852. The van der Waals surface area contributed by atoms with Gasteiger partial charge in [0.1, 0.15) is 12.6 Å². The van der Waals surface area contributed by atoms with Gasteiger partial charge in [-0.3, -0.25) is 14.2 Å². The number of carbonyl (C=O) groups excluding carboxylic acids is 1. The number of aromatic nitrogens is 4. The minimum atomic E-state index is -0.679. The normalized spacial score (nSPS) is 20.0. The van der Waals surface area contributed by atoms with Crippen molar-refractivity contribution in [3.63, 3.8) is 0 Å². The van der Waals surface area contributed by atoms with Gasteiger partial charge in [-0.05, 0) is 19.1 Å². The average molecular weight is 355 g/mol. The third-order valence-electron chi connectivity index (χ3n) is 4.47. The van der Waals surface area contributed by atoms with Crippen LogP contribution in [0, 0.1) is 6.92 Å². The van der Waals surface area contributed by atoms with Crippen LogP contribution >= 0.6 is 0 Å². The molecule has 9 heteroatoms. The van der Waals surface area contributed by atoms with Crippen molar-refractivity contribution in [2.45, 2.75) is 32.0 Å². The van der Waals surface area contributed by atoms with Gasteiger partial charge in [0.05, 0.1) is 23.3 Å². The molecule has 1 aromatic carbocycles. The molecular weight excluding hydrogens is 338 g/mol. The lowest BCUT2D eigenvalue weighted by atomic mass is 10.2. The molecule has 0 aliphatic carbocycles. The maximum Gasteiger partial charge on any atom is 0.269 e. The topological polar surface area (TPSA) is 114 Å². The Labute approximate surface area is 147 Å². The number of nitrogens with zero attached hydrogens (tertiary/aromatic N) is 5. The van der Waals surface area contributed by atoms with E-state index >= 15 is 0 Å². The Bertz CT molecular complexity index is 1030. The highest BCUT2D eigenvalue weighted by Crippen LogP contribution is 2.31. The SMILES string of the molecule is Cc1noc([C@H]2C[C@@H](O)CN2C(=O)Cn2c(=O)cnc3ccccc32)n1. The van der Waals surface area contributed by atoms with Crippen LogP contribution in [0.3, 0.4) is 0 Å². The molecule has 0 radical (unpaired) electrons. The molecule has 0 spiro atoms. The van der Waals surface area contributed by atoms with Crippen LogP contribution < -0.4 is 5.56 Å². The van der Waals surface area contributed by atoms with E-state index in [2.05, 4.69) is 15.1 Å². The zero-order valence-corrected chi connectivity index (χ0v) is 14.1. The van der Waals surface area contributed by atoms with Gasteiger partial charge in [-0.15, -0.1) is 0 Å². The highest BCUT2D eigenvalue weighted by atomic mass is 16.5. The molecule has 134 valence electrons. The molecule has 4 rings (SSSR count). The van der Waals surface area contributed by atoms with Crippen molar-refractivity contribution in [1.29, 1.82) is 0 Å². The fourth-order valence-corrected chi connectivity index (χ4v) is 3.28. The Morgan fingerprint density at radius 2 is 2.19 bits per heavy atom. The van der Waals surface area contributed by atoms with E-state index in [0.29, 0.717) is 29.2 Å². The van der Waals surface area contributed by atoms with Crippen LogP contribution in [0.5, 0.6) is 0 Å². The molecule has 9 nitrogen and oxygen atoms in total. The lowest BCUT2D eigenvalue weighted by Gasteiger charge is -2.22. The Hall–Kier alpha value is -3.07. The van der Waals surface area contributed by atoms with E-state index in [4.69, 9.17) is 4.52 Å². The first-order valence-electron chi connectivity index (χ1n) is 8.25. The number of para-hydroxylation sites is 2. The Kier molecular flexibility index (Phi) is 4.00. The number of rotatable bonds is 3. The standard InChI is InChI=1S/C17H17N5O4/c1-10-19-17(26-20-10)14-6-11(23)8-21(14)16(25)9-22-13-5-3-2-4-12(13)18-7-15(22)24/h2-5,7,11,14,23H,6,8-9H2,1H3/t11-,14-/m1/s1. The number of aliphatic hydroxyl groups excluding tert-OH is 1. The summed E-state index contributed by atoms with van der Waals surface area (Å²) in [5, 5.41) is 13.8. The highest BCUT2D eigenvalue weighted by molar-refractivity contribution is 5.80. The number of fused-ring (bicyclic) bond motifs is 1. The number of benzene rings is 1. The Morgan fingerprint density at radius 1 is 1.38 bits per heavy atom. The Morgan fingerprint density at radius 3 is 2.96 bits per heavy atom. The quantitative estimate of drug-likeness (QED) is 0.724. The molecule has 2 aromatic heterocycles. The molecule has 1 aliphatic heterocycles. The minimum absolute atomic E-state index is 0.155. The zero-order chi connectivity index (χ0) is 18.3. The van der Waals surface area contributed by atoms with Crippen molar-refractivity contribution < 1.29 is 14.4 Å². The van der Waals surface area contributed by atoms with Gasteiger partial charge in [-0.2, -0.15) is 4.98 Å². The molecule has 26 heavy (non-hydrogen) atoms. The van der Waals surface area contributed by atoms with E-state index in [-0.39, 0.29) is 24.6 Å². The van der Waals surface area contributed by atoms with Gasteiger partial charge in [-0.1, -0.05) is 17.3 Å². The summed E-state index contributed by atoms with van der Waals surface area (Å²) in [5.74, 6) is 0.449. The van der Waals surface area contributed by atoms with E-state index in [9.17, 15) is 14.7 Å². The lowest BCUT2D eigenvalue weighted by Crippen LogP contribution is -2.37. The summed E-state index contributed by atoms with van der Waals surface area (Å²) < 4.78 is 6.56. The average Bonchev–Trinajstić information content (AvgIpc) is 3.23. The van der Waals surface area contributed by atoms with Gasteiger partial charge in [0.2, 0.25) is 11.8 Å². The van der Waals surface area contributed by atoms with E-state index in [1.165, 1.54) is 15.7 Å². The predicted molar refractivity (Wildman–Crippen MR) is 90.1 cm³/mol. The lowest BCUT2D eigenvalue weighted by molar-refractivity contribution is -0.133. The van der Waals surface area contributed by atoms with E-state index in [1.807, 2.05) is 6.07 Å². The first kappa shape index (κ1) is 16.4. The molecule has 0 unspecified atom stereocenters. The molecule has 1 amide bonds. The number of likely N-dealkylation sites (tertiary alicyclic amines) is 1. The van der Waals surface area contributed by atoms with Gasteiger partial charge in [0.15, 0.2) is 5.82 Å². The van der Waals surface area contributed by atoms with Gasteiger partial charge in [0, 0.05) is 13.0 Å². The van der Waals surface area contributed by atoms with Crippen LogP contribution in [0.1, 0.15) is 24.2 Å². The van der Waals surface area contributed by atoms with E-state index in [1.54, 1.807) is 25.1 Å². The molecule has 2 atom stereocenters. The van der Waals surface area contributed by atoms with Crippen LogP contribution in [-0.4, -0.2) is 48.3 Å². The molecule has 1 saturated heterocycles. The molecule has 0 saturated carbocycles. The second-order valence-electron chi connectivity index (χ2n) is 6.30. The predicted octanol–water partition coefficient (Wildman–Crippen LogP) is 0.422. The minimum Gasteiger partial charge on any atom is -0.391 e. The fraction of sp³-hybridized carbons (Fsp3) is 0.353. The first-order chi connectivity index (χ1) is 12.5. The van der Waals surface area contributed by atoms with Crippen molar-refractivity contribution in [3.05, 3.63) is 52.5 Å². The number of hydrogen-bond acceptors (Lipinski definition) is 7. The summed E-state index contributed by atoms with van der Waals surface area (Å²) in [4.78, 5) is 34.9. The Balaban J connectivity index is 1.66. The molecule has 1 aliphatic rings. The molecular formula is C17H17N5O4. The summed E-state index contributed by atoms with van der Waals surface area (Å²) in [6, 6.07) is 6.63. The number of aryl methyl sites for hydroxylation is 1. The monoisotopic (exact) mass is 355 g/mol. The van der Waals surface area contributed by atoms with Crippen LogP contribution in [-0.2, 0) is 11.3 Å². The number of β-amino-alcohol motifs (C(OH)–C–C–N with tert-alkyl or cyclic N) is 1. The van der Waals surface area contributed by atoms with Crippen LogP contribution in [0.25, 0.3) is 11.0 Å². The van der Waals surface area contributed by atoms with Gasteiger partial charge >= 0.3 is 0 Å². The van der Waals surface area contributed by atoms with Crippen molar-refractivity contribution >= 4 is 16.9 Å². The van der Waals surface area contributed by atoms with Crippen LogP contribution in [0.2, 0.25) is 0 Å². The van der Waals surface area contributed by atoms with Gasteiger partial charge in [0.25, 0.3) is 5.56 Å². The maximum absolute atomic E-state index is 12.9. The third-order valence-corrected chi connectivity index (χ3v) is 4.47. The van der Waals surface area contributed by atoms with Crippen molar-refractivity contribution in [3.8, 4) is 0 Å². The smallest absolute Gasteiger partial charge is 0.269 e. The highest BCUT2D eigenvalue weighted by Gasteiger charge is 2.38. The van der Waals surface area contributed by atoms with Gasteiger partial charge < -0.3 is 14.5 Å². The maximum atomic E-state index is 12.9. The summed E-state index contributed by atoms with van der Waals surface area (Å²) >= 11 is 0. The zero-order valence-electron chi connectivity index (χ0n) is 14.1. The largest absolute Gasteiger partial charge is 0.391 e. The number of hydrogen-bond donors (Lipinski definition) is 1. The van der Waals surface area contributed by atoms with Crippen molar-refractivity contribution in [2.75, 3.05) is 6.54 Å². The number of amides is 1. The second-order valence-corrected chi connectivity index (χ2v) is 6.30. The van der Waals surface area contributed by atoms with E-state index in [0.717, 1.165) is 0 Å².